The average Bonchev–Trinajstić information content (AvgIpc) is 3.30. The third-order valence-corrected chi connectivity index (χ3v) is 6.03. The molecule has 4 rings (SSSR count). The molecule has 2 aromatic carbocycles. The minimum absolute atomic E-state index is 0.0297. The Balaban J connectivity index is 1.82. The number of Topliss-reactive ketones (excluding diaryl/α,β-unsaturated/α-hetero) is 1. The molecule has 0 aromatic heterocycles. The number of ether oxygens (including phenoxy) is 3. The maximum absolute atomic E-state index is 13.0. The van der Waals surface area contributed by atoms with Gasteiger partial charge < -0.3 is 14.2 Å². The number of hydrogen-bond acceptors (Lipinski definition) is 6. The molecule has 1 heterocycles. The van der Waals surface area contributed by atoms with Gasteiger partial charge in [0.2, 0.25) is 0 Å². The Morgan fingerprint density at radius 1 is 1.24 bits per heavy atom. The van der Waals surface area contributed by atoms with E-state index in [2.05, 4.69) is 11.8 Å². The third-order valence-electron chi connectivity index (χ3n) is 6.03. The lowest BCUT2D eigenvalue weighted by Crippen LogP contribution is -2.16. The first-order valence-corrected chi connectivity index (χ1v) is 11.7. The van der Waals surface area contributed by atoms with Crippen LogP contribution < -0.4 is 9.47 Å². The standard InChI is InChI=1S/C28H28O6/c1-17(2)12-23(30)22-10-11-24-25(27(22)33-16-29)28(31)32-15-21-14-18(3)13-20(26(21)34-24)9-8-19-6-4-5-7-19/h10-11,13-14,16-17,19H,4-7,12,15H2,1-3H3. The average molecular weight is 461 g/mol. The molecule has 0 saturated heterocycles. The Kier molecular flexibility index (Phi) is 7.02. The third kappa shape index (κ3) is 4.99. The van der Waals surface area contributed by atoms with Crippen LogP contribution in [0.15, 0.2) is 24.3 Å². The summed E-state index contributed by atoms with van der Waals surface area (Å²) in [5.41, 5.74) is 2.46. The van der Waals surface area contributed by atoms with Crippen molar-refractivity contribution in [3.05, 3.63) is 52.1 Å². The quantitative estimate of drug-likeness (QED) is 0.244. The van der Waals surface area contributed by atoms with Gasteiger partial charge in [0.25, 0.3) is 6.47 Å². The fourth-order valence-electron chi connectivity index (χ4n) is 4.46. The van der Waals surface area contributed by atoms with E-state index in [1.165, 1.54) is 18.9 Å². The molecule has 0 N–H and O–H groups in total. The second-order valence-electron chi connectivity index (χ2n) is 9.28. The summed E-state index contributed by atoms with van der Waals surface area (Å²) in [5.74, 6) is 6.66. The zero-order valence-corrected chi connectivity index (χ0v) is 19.7. The highest BCUT2D eigenvalue weighted by Gasteiger charge is 2.30. The molecule has 6 nitrogen and oxygen atoms in total. The Hall–Kier alpha value is -3.59. The zero-order chi connectivity index (χ0) is 24.2. The van der Waals surface area contributed by atoms with E-state index in [1.807, 2.05) is 32.9 Å². The predicted molar refractivity (Wildman–Crippen MR) is 126 cm³/mol. The molecule has 0 spiro atoms. The lowest BCUT2D eigenvalue weighted by atomic mass is 9.97. The van der Waals surface area contributed by atoms with Gasteiger partial charge in [-0.1, -0.05) is 38.5 Å². The molecular weight excluding hydrogens is 432 g/mol. The minimum atomic E-state index is -0.725. The molecule has 1 aliphatic carbocycles. The molecule has 2 aromatic rings. The molecule has 0 amide bonds. The van der Waals surface area contributed by atoms with Crippen molar-refractivity contribution in [2.75, 3.05) is 0 Å². The van der Waals surface area contributed by atoms with Crippen molar-refractivity contribution in [2.24, 2.45) is 11.8 Å². The Morgan fingerprint density at radius 2 is 2.00 bits per heavy atom. The summed E-state index contributed by atoms with van der Waals surface area (Å²) in [4.78, 5) is 37.1. The van der Waals surface area contributed by atoms with E-state index >= 15 is 0 Å². The number of esters is 1. The van der Waals surface area contributed by atoms with Crippen LogP contribution in [-0.2, 0) is 16.1 Å². The summed E-state index contributed by atoms with van der Waals surface area (Å²) >= 11 is 0. The van der Waals surface area contributed by atoms with Crippen molar-refractivity contribution >= 4 is 18.2 Å². The van der Waals surface area contributed by atoms with Crippen LogP contribution in [-0.4, -0.2) is 18.2 Å². The van der Waals surface area contributed by atoms with E-state index in [4.69, 9.17) is 14.2 Å². The molecule has 1 aliphatic heterocycles. The number of benzene rings is 2. The van der Waals surface area contributed by atoms with Crippen LogP contribution in [0.5, 0.6) is 17.2 Å². The van der Waals surface area contributed by atoms with E-state index in [-0.39, 0.29) is 53.8 Å². The molecule has 1 saturated carbocycles. The second kappa shape index (κ2) is 10.1. The number of carbonyl (C=O) groups is 3. The van der Waals surface area contributed by atoms with Crippen LogP contribution >= 0.6 is 0 Å². The summed E-state index contributed by atoms with van der Waals surface area (Å²) in [6, 6.07) is 6.92. The summed E-state index contributed by atoms with van der Waals surface area (Å²) in [6.45, 7) is 5.95. The number of hydrogen-bond donors (Lipinski definition) is 0. The maximum Gasteiger partial charge on any atom is 0.346 e. The van der Waals surface area contributed by atoms with Crippen molar-refractivity contribution < 1.29 is 28.6 Å². The number of ketones is 1. The maximum atomic E-state index is 13.0. The molecule has 34 heavy (non-hydrogen) atoms. The van der Waals surface area contributed by atoms with Gasteiger partial charge in [-0.2, -0.15) is 0 Å². The van der Waals surface area contributed by atoms with Crippen LogP contribution in [0, 0.1) is 30.6 Å². The second-order valence-corrected chi connectivity index (χ2v) is 9.28. The molecule has 6 heteroatoms. The topological polar surface area (TPSA) is 78.9 Å². The highest BCUT2D eigenvalue weighted by Crippen LogP contribution is 2.41. The highest BCUT2D eigenvalue weighted by atomic mass is 16.6. The van der Waals surface area contributed by atoms with Gasteiger partial charge in [0.05, 0.1) is 11.1 Å². The predicted octanol–water partition coefficient (Wildman–Crippen LogP) is 5.76. The van der Waals surface area contributed by atoms with E-state index in [9.17, 15) is 14.4 Å². The minimum Gasteiger partial charge on any atom is -0.457 e. The Morgan fingerprint density at radius 3 is 2.71 bits per heavy atom. The van der Waals surface area contributed by atoms with Crippen LogP contribution in [0.2, 0.25) is 0 Å². The molecule has 176 valence electrons. The monoisotopic (exact) mass is 460 g/mol. The van der Waals surface area contributed by atoms with Crippen molar-refractivity contribution in [3.8, 4) is 29.1 Å². The lowest BCUT2D eigenvalue weighted by Gasteiger charge is -2.22. The van der Waals surface area contributed by atoms with Gasteiger partial charge in [-0.15, -0.1) is 0 Å². The number of cyclic esters (lactones) is 1. The summed E-state index contributed by atoms with van der Waals surface area (Å²) in [5, 5.41) is 0. The van der Waals surface area contributed by atoms with Gasteiger partial charge in [0.15, 0.2) is 11.5 Å². The number of aryl methyl sites for hydroxylation is 1. The number of carbonyl (C=O) groups excluding carboxylic acids is 3. The fraction of sp³-hybridized carbons (Fsp3) is 0.393. The molecule has 2 aliphatic rings. The first-order valence-electron chi connectivity index (χ1n) is 11.7. The first-order chi connectivity index (χ1) is 16.4. The largest absolute Gasteiger partial charge is 0.457 e. The lowest BCUT2D eigenvalue weighted by molar-refractivity contribution is -0.120. The van der Waals surface area contributed by atoms with Gasteiger partial charge >= 0.3 is 5.97 Å². The number of rotatable bonds is 5. The molecule has 0 atom stereocenters. The van der Waals surface area contributed by atoms with E-state index in [0.717, 1.165) is 18.4 Å². The Bertz CT molecular complexity index is 1190. The summed E-state index contributed by atoms with van der Waals surface area (Å²) < 4.78 is 16.9. The molecule has 1 fully saturated rings. The normalized spacial score (nSPS) is 15.1. The van der Waals surface area contributed by atoms with E-state index in [1.54, 1.807) is 6.07 Å². The smallest absolute Gasteiger partial charge is 0.346 e. The van der Waals surface area contributed by atoms with Crippen LogP contribution in [0.1, 0.15) is 83.4 Å². The molecule has 0 radical (unpaired) electrons. The van der Waals surface area contributed by atoms with Gasteiger partial charge in [0, 0.05) is 17.9 Å². The van der Waals surface area contributed by atoms with Crippen LogP contribution in [0.25, 0.3) is 0 Å². The van der Waals surface area contributed by atoms with Gasteiger partial charge in [-0.25, -0.2) is 4.79 Å². The first kappa shape index (κ1) is 23.6. The van der Waals surface area contributed by atoms with Crippen molar-refractivity contribution in [1.82, 2.24) is 0 Å². The summed E-state index contributed by atoms with van der Waals surface area (Å²) in [7, 11) is 0. The van der Waals surface area contributed by atoms with Crippen molar-refractivity contribution in [2.45, 2.75) is 59.5 Å². The van der Waals surface area contributed by atoms with Crippen LogP contribution in [0.4, 0.5) is 0 Å². The zero-order valence-electron chi connectivity index (χ0n) is 19.7. The van der Waals surface area contributed by atoms with E-state index < -0.39 is 5.97 Å². The van der Waals surface area contributed by atoms with Gasteiger partial charge in [-0.05, 0) is 55.5 Å². The van der Waals surface area contributed by atoms with Crippen molar-refractivity contribution in [1.29, 1.82) is 0 Å². The fourth-order valence-corrected chi connectivity index (χ4v) is 4.46. The molecule has 0 bridgehead atoms. The number of fused-ring (bicyclic) bond motifs is 2. The molecule has 0 unspecified atom stereocenters. The molecular formula is C28H28O6. The SMILES string of the molecule is Cc1cc(C#CC2CCCC2)c2c(c1)COC(=O)c1c(ccc(C(=O)CC(C)C)c1OC=O)O2. The van der Waals surface area contributed by atoms with Crippen LogP contribution in [0.3, 0.4) is 0 Å². The highest BCUT2D eigenvalue weighted by molar-refractivity contribution is 6.05. The van der Waals surface area contributed by atoms with Gasteiger partial charge in [0.1, 0.15) is 23.7 Å². The summed E-state index contributed by atoms with van der Waals surface area (Å²) in [6.07, 6.45) is 4.83. The van der Waals surface area contributed by atoms with E-state index in [0.29, 0.717) is 22.8 Å². The van der Waals surface area contributed by atoms with Gasteiger partial charge in [-0.3, -0.25) is 9.59 Å². The Labute approximate surface area is 199 Å². The van der Waals surface area contributed by atoms with Crippen molar-refractivity contribution in [3.63, 3.8) is 0 Å².